The van der Waals surface area contributed by atoms with Crippen LogP contribution in [0.2, 0.25) is 0 Å². The second-order valence-electron chi connectivity index (χ2n) is 7.14. The van der Waals surface area contributed by atoms with E-state index in [2.05, 4.69) is 29.4 Å². The summed E-state index contributed by atoms with van der Waals surface area (Å²) in [6.45, 7) is 1.23. The van der Waals surface area contributed by atoms with E-state index in [1.54, 1.807) is 24.3 Å². The van der Waals surface area contributed by atoms with Gasteiger partial charge in [-0.05, 0) is 48.6 Å². The first-order chi connectivity index (χ1) is 13.6. The van der Waals surface area contributed by atoms with Crippen LogP contribution in [0.4, 0.5) is 0 Å². The molecule has 4 rings (SSSR count). The third kappa shape index (κ3) is 3.71. The van der Waals surface area contributed by atoms with Crippen LogP contribution >= 0.6 is 0 Å². The van der Waals surface area contributed by atoms with E-state index in [1.807, 2.05) is 11.0 Å². The number of H-pyrrole nitrogens is 1. The van der Waals surface area contributed by atoms with Crippen molar-refractivity contribution in [2.75, 3.05) is 19.7 Å². The summed E-state index contributed by atoms with van der Waals surface area (Å²) >= 11 is 0. The summed E-state index contributed by atoms with van der Waals surface area (Å²) in [5.41, 5.74) is 8.16. The monoisotopic (exact) mass is 377 g/mol. The van der Waals surface area contributed by atoms with E-state index in [0.29, 0.717) is 17.2 Å². The zero-order valence-corrected chi connectivity index (χ0v) is 15.6. The van der Waals surface area contributed by atoms with Crippen molar-refractivity contribution < 1.29 is 14.3 Å². The number of aromatic amines is 1. The molecule has 6 nitrogen and oxygen atoms in total. The minimum atomic E-state index is -0.545. The number of fused-ring (bicyclic) bond motifs is 1. The van der Waals surface area contributed by atoms with Gasteiger partial charge in [0.2, 0.25) is 0 Å². The number of para-hydroxylation sites is 1. The van der Waals surface area contributed by atoms with E-state index >= 15 is 0 Å². The quantitative estimate of drug-likeness (QED) is 0.716. The molecule has 2 heterocycles. The zero-order valence-electron chi connectivity index (χ0n) is 15.6. The zero-order chi connectivity index (χ0) is 19.5. The summed E-state index contributed by atoms with van der Waals surface area (Å²) in [6.07, 6.45) is 3.98. The summed E-state index contributed by atoms with van der Waals surface area (Å²) in [7, 11) is 0. The molecule has 2 aromatic carbocycles. The summed E-state index contributed by atoms with van der Waals surface area (Å²) in [5, 5.41) is 1.27. The summed E-state index contributed by atoms with van der Waals surface area (Å²) < 4.78 is 5.30. The largest absolute Gasteiger partial charge is 0.484 e. The summed E-state index contributed by atoms with van der Waals surface area (Å²) in [5.74, 6) is 0.363. The molecule has 0 spiro atoms. The maximum atomic E-state index is 12.9. The Bertz CT molecular complexity index is 1000. The highest BCUT2D eigenvalue weighted by Crippen LogP contribution is 2.33. The number of carbonyl (C=O) groups excluding carboxylic acids is 2. The van der Waals surface area contributed by atoms with Crippen LogP contribution in [-0.2, 0) is 4.79 Å². The number of nitrogens with two attached hydrogens (primary N) is 1. The van der Waals surface area contributed by atoms with E-state index in [4.69, 9.17) is 10.5 Å². The third-order valence-electron chi connectivity index (χ3n) is 5.31. The molecule has 0 aliphatic carbocycles. The first kappa shape index (κ1) is 18.1. The Morgan fingerprint density at radius 1 is 1.11 bits per heavy atom. The predicted molar refractivity (Wildman–Crippen MR) is 107 cm³/mol. The van der Waals surface area contributed by atoms with Crippen molar-refractivity contribution >= 4 is 22.7 Å². The molecule has 0 saturated carbocycles. The van der Waals surface area contributed by atoms with Gasteiger partial charge in [-0.3, -0.25) is 9.59 Å². The smallest absolute Gasteiger partial charge is 0.255 e. The molecule has 0 bridgehead atoms. The molecule has 1 saturated heterocycles. The molecule has 1 fully saturated rings. The van der Waals surface area contributed by atoms with Crippen molar-refractivity contribution in [3.63, 3.8) is 0 Å². The molecule has 6 heteroatoms. The van der Waals surface area contributed by atoms with Crippen LogP contribution in [0.3, 0.4) is 0 Å². The van der Waals surface area contributed by atoms with Gasteiger partial charge in [0.15, 0.2) is 6.61 Å². The fourth-order valence-electron chi connectivity index (χ4n) is 3.88. The van der Waals surface area contributed by atoms with Gasteiger partial charge in [-0.2, -0.15) is 0 Å². The minimum absolute atomic E-state index is 0.0121. The Labute approximate surface area is 163 Å². The molecule has 3 aromatic rings. The van der Waals surface area contributed by atoms with Gasteiger partial charge >= 0.3 is 0 Å². The number of nitrogens with zero attached hydrogens (tertiary/aromatic N) is 1. The standard InChI is InChI=1S/C22H23N3O3/c23-21(26)14-28-17-5-3-4-16(12-17)22(27)25-10-8-15(9-11-25)19-13-24-20-7-2-1-6-18(19)20/h1-7,12-13,15,24H,8-11,14H2,(H2,23,26). The number of ether oxygens (including phenoxy) is 1. The highest BCUT2D eigenvalue weighted by Gasteiger charge is 2.26. The highest BCUT2D eigenvalue weighted by molar-refractivity contribution is 5.94. The van der Waals surface area contributed by atoms with Crippen molar-refractivity contribution in [3.05, 3.63) is 65.9 Å². The van der Waals surface area contributed by atoms with Crippen molar-refractivity contribution in [3.8, 4) is 5.75 Å². The number of aromatic nitrogens is 1. The molecule has 1 aliphatic heterocycles. The van der Waals surface area contributed by atoms with Crippen LogP contribution in [-0.4, -0.2) is 41.4 Å². The average molecular weight is 377 g/mol. The topological polar surface area (TPSA) is 88.4 Å². The van der Waals surface area contributed by atoms with Crippen LogP contribution in [0, 0.1) is 0 Å². The van der Waals surface area contributed by atoms with Crippen molar-refractivity contribution in [2.45, 2.75) is 18.8 Å². The normalized spacial score (nSPS) is 14.9. The third-order valence-corrected chi connectivity index (χ3v) is 5.31. The van der Waals surface area contributed by atoms with E-state index in [9.17, 15) is 9.59 Å². The lowest BCUT2D eigenvalue weighted by molar-refractivity contribution is -0.119. The fourth-order valence-corrected chi connectivity index (χ4v) is 3.88. The van der Waals surface area contributed by atoms with Crippen LogP contribution in [0.25, 0.3) is 10.9 Å². The molecular formula is C22H23N3O3. The number of primary amides is 1. The van der Waals surface area contributed by atoms with Crippen LogP contribution in [0.1, 0.15) is 34.7 Å². The number of likely N-dealkylation sites (tertiary alicyclic amines) is 1. The first-order valence-corrected chi connectivity index (χ1v) is 9.48. The fraction of sp³-hybridized carbons (Fsp3) is 0.273. The van der Waals surface area contributed by atoms with Gasteiger partial charge in [0.25, 0.3) is 11.8 Å². The molecule has 2 amide bonds. The average Bonchev–Trinajstić information content (AvgIpc) is 3.16. The molecule has 1 aliphatic rings. The lowest BCUT2D eigenvalue weighted by Gasteiger charge is -2.32. The number of nitrogens with one attached hydrogen (secondary N) is 1. The van der Waals surface area contributed by atoms with Gasteiger partial charge in [-0.25, -0.2) is 0 Å². The number of piperidine rings is 1. The number of carbonyl (C=O) groups is 2. The maximum absolute atomic E-state index is 12.9. The second-order valence-corrected chi connectivity index (χ2v) is 7.14. The van der Waals surface area contributed by atoms with Crippen LogP contribution in [0.15, 0.2) is 54.7 Å². The molecule has 1 aromatic heterocycles. The van der Waals surface area contributed by atoms with E-state index < -0.39 is 5.91 Å². The lowest BCUT2D eigenvalue weighted by atomic mass is 9.89. The van der Waals surface area contributed by atoms with E-state index in [1.165, 1.54) is 10.9 Å². The lowest BCUT2D eigenvalue weighted by Crippen LogP contribution is -2.37. The number of hydrogen-bond donors (Lipinski definition) is 2. The SMILES string of the molecule is NC(=O)COc1cccc(C(=O)N2CCC(c3c[nH]c4ccccc34)CC2)c1. The van der Waals surface area contributed by atoms with E-state index in [-0.39, 0.29) is 12.5 Å². The molecular weight excluding hydrogens is 354 g/mol. The Kier molecular flexibility index (Phi) is 5.02. The summed E-state index contributed by atoms with van der Waals surface area (Å²) in [4.78, 5) is 29.0. The molecule has 28 heavy (non-hydrogen) atoms. The molecule has 3 N–H and O–H groups in total. The molecule has 144 valence electrons. The van der Waals surface area contributed by atoms with E-state index in [0.717, 1.165) is 31.4 Å². The Morgan fingerprint density at radius 3 is 2.68 bits per heavy atom. The number of rotatable bonds is 5. The van der Waals surface area contributed by atoms with Gasteiger partial charge in [-0.1, -0.05) is 24.3 Å². The predicted octanol–water partition coefficient (Wildman–Crippen LogP) is 3.05. The molecule has 0 radical (unpaired) electrons. The summed E-state index contributed by atoms with van der Waals surface area (Å²) in [6, 6.07) is 15.2. The van der Waals surface area contributed by atoms with Crippen molar-refractivity contribution in [1.82, 2.24) is 9.88 Å². The number of amides is 2. The van der Waals surface area contributed by atoms with Gasteiger partial charge in [0.05, 0.1) is 0 Å². The van der Waals surface area contributed by atoms with Crippen molar-refractivity contribution in [1.29, 1.82) is 0 Å². The number of benzene rings is 2. The Hall–Kier alpha value is -3.28. The molecule has 0 unspecified atom stereocenters. The second kappa shape index (κ2) is 7.76. The minimum Gasteiger partial charge on any atom is -0.484 e. The van der Waals surface area contributed by atoms with Gasteiger partial charge < -0.3 is 20.4 Å². The van der Waals surface area contributed by atoms with Crippen LogP contribution in [0.5, 0.6) is 5.75 Å². The van der Waals surface area contributed by atoms with Gasteiger partial charge in [0, 0.05) is 35.8 Å². The maximum Gasteiger partial charge on any atom is 0.255 e. The Balaban J connectivity index is 1.41. The highest BCUT2D eigenvalue weighted by atomic mass is 16.5. The Morgan fingerprint density at radius 2 is 1.89 bits per heavy atom. The molecule has 0 atom stereocenters. The first-order valence-electron chi connectivity index (χ1n) is 9.48. The number of hydrogen-bond acceptors (Lipinski definition) is 3. The van der Waals surface area contributed by atoms with Gasteiger partial charge in [0.1, 0.15) is 5.75 Å². The van der Waals surface area contributed by atoms with Crippen molar-refractivity contribution in [2.24, 2.45) is 5.73 Å². The van der Waals surface area contributed by atoms with Crippen LogP contribution < -0.4 is 10.5 Å². The van der Waals surface area contributed by atoms with Gasteiger partial charge in [-0.15, -0.1) is 0 Å².